The van der Waals surface area contributed by atoms with E-state index in [0.717, 1.165) is 43.4 Å². The van der Waals surface area contributed by atoms with E-state index in [1.54, 1.807) is 6.33 Å². The molecule has 1 aromatic heterocycles. The Morgan fingerprint density at radius 3 is 3.25 bits per heavy atom. The summed E-state index contributed by atoms with van der Waals surface area (Å²) in [6.45, 7) is 2.61. The Morgan fingerprint density at radius 1 is 1.50 bits per heavy atom. The molecule has 1 saturated heterocycles. The van der Waals surface area contributed by atoms with Crippen molar-refractivity contribution in [2.24, 2.45) is 5.92 Å². The van der Waals surface area contributed by atoms with E-state index in [9.17, 15) is 4.79 Å². The second kappa shape index (κ2) is 5.63. The summed E-state index contributed by atoms with van der Waals surface area (Å²) in [4.78, 5) is 20.6. The minimum absolute atomic E-state index is 0.196. The van der Waals surface area contributed by atoms with E-state index in [4.69, 9.17) is 5.11 Å². The van der Waals surface area contributed by atoms with Crippen LogP contribution in [0.25, 0.3) is 11.0 Å². The van der Waals surface area contributed by atoms with Crippen LogP contribution in [0, 0.1) is 5.92 Å². The smallest absolute Gasteiger partial charge is 0.307 e. The number of carbonyl (C=O) groups is 1. The second-order valence-electron chi connectivity index (χ2n) is 5.48. The van der Waals surface area contributed by atoms with E-state index in [1.165, 1.54) is 5.56 Å². The first-order valence-corrected chi connectivity index (χ1v) is 7.09. The molecule has 106 valence electrons. The van der Waals surface area contributed by atoms with Gasteiger partial charge in [-0.25, -0.2) is 4.98 Å². The largest absolute Gasteiger partial charge is 0.481 e. The number of nitrogens with one attached hydrogen (secondary N) is 1. The van der Waals surface area contributed by atoms with Crippen LogP contribution in [-0.4, -0.2) is 45.6 Å². The molecule has 20 heavy (non-hydrogen) atoms. The highest BCUT2D eigenvalue weighted by atomic mass is 16.4. The summed E-state index contributed by atoms with van der Waals surface area (Å²) in [6.07, 6.45) is 4.44. The SMILES string of the molecule is O=C(O)C1CCCN(CCc2ccc3nc[nH]c3c2)C1. The molecule has 5 nitrogen and oxygen atoms in total. The van der Waals surface area contributed by atoms with Gasteiger partial charge in [0.15, 0.2) is 0 Å². The highest BCUT2D eigenvalue weighted by Gasteiger charge is 2.24. The first kappa shape index (κ1) is 13.1. The Labute approximate surface area is 117 Å². The van der Waals surface area contributed by atoms with Gasteiger partial charge in [0.05, 0.1) is 23.3 Å². The Bertz CT molecular complexity index is 608. The highest BCUT2D eigenvalue weighted by Crippen LogP contribution is 2.18. The van der Waals surface area contributed by atoms with Crippen LogP contribution in [0.15, 0.2) is 24.5 Å². The number of benzene rings is 1. The number of aromatic amines is 1. The molecule has 0 aliphatic carbocycles. The van der Waals surface area contributed by atoms with Gasteiger partial charge >= 0.3 is 5.97 Å². The molecule has 1 aromatic carbocycles. The van der Waals surface area contributed by atoms with Crippen LogP contribution >= 0.6 is 0 Å². The molecule has 0 amide bonds. The molecule has 2 aromatic rings. The number of imidazole rings is 1. The number of carboxylic acid groups (broad SMARTS) is 1. The fraction of sp³-hybridized carbons (Fsp3) is 0.467. The molecular formula is C15H19N3O2. The van der Waals surface area contributed by atoms with Crippen molar-refractivity contribution >= 4 is 17.0 Å². The Balaban J connectivity index is 1.59. The quantitative estimate of drug-likeness (QED) is 0.892. The molecule has 0 bridgehead atoms. The molecule has 0 radical (unpaired) electrons. The van der Waals surface area contributed by atoms with Crippen molar-refractivity contribution in [2.45, 2.75) is 19.3 Å². The first-order valence-electron chi connectivity index (χ1n) is 7.09. The summed E-state index contributed by atoms with van der Waals surface area (Å²) in [5.74, 6) is -0.854. The van der Waals surface area contributed by atoms with Gasteiger partial charge in [-0.2, -0.15) is 0 Å². The van der Waals surface area contributed by atoms with Crippen molar-refractivity contribution in [3.8, 4) is 0 Å². The van der Waals surface area contributed by atoms with E-state index >= 15 is 0 Å². The topological polar surface area (TPSA) is 69.2 Å². The molecule has 0 spiro atoms. The number of rotatable bonds is 4. The molecule has 2 heterocycles. The zero-order valence-corrected chi connectivity index (χ0v) is 11.4. The lowest BCUT2D eigenvalue weighted by Crippen LogP contribution is -2.39. The number of aliphatic carboxylic acids is 1. The normalized spacial score (nSPS) is 20.3. The van der Waals surface area contributed by atoms with Crippen LogP contribution in [0.4, 0.5) is 0 Å². The van der Waals surface area contributed by atoms with Gasteiger partial charge in [-0.05, 0) is 43.5 Å². The van der Waals surface area contributed by atoms with Crippen LogP contribution in [0.2, 0.25) is 0 Å². The van der Waals surface area contributed by atoms with Gasteiger partial charge in [0.1, 0.15) is 0 Å². The Morgan fingerprint density at radius 2 is 2.40 bits per heavy atom. The maximum Gasteiger partial charge on any atom is 0.307 e. The molecule has 1 fully saturated rings. The predicted molar refractivity (Wildman–Crippen MR) is 76.6 cm³/mol. The number of hydrogen-bond donors (Lipinski definition) is 2. The number of carboxylic acids is 1. The summed E-state index contributed by atoms with van der Waals surface area (Å²) in [6, 6.07) is 6.25. The van der Waals surface area contributed by atoms with Gasteiger partial charge in [-0.15, -0.1) is 0 Å². The Kier molecular flexibility index (Phi) is 3.69. The number of H-pyrrole nitrogens is 1. The van der Waals surface area contributed by atoms with Crippen LogP contribution in [-0.2, 0) is 11.2 Å². The van der Waals surface area contributed by atoms with E-state index in [2.05, 4.69) is 27.0 Å². The lowest BCUT2D eigenvalue weighted by Gasteiger charge is -2.30. The van der Waals surface area contributed by atoms with Crippen molar-refractivity contribution in [1.29, 1.82) is 0 Å². The van der Waals surface area contributed by atoms with Gasteiger partial charge in [-0.3, -0.25) is 4.79 Å². The highest BCUT2D eigenvalue weighted by molar-refractivity contribution is 5.75. The number of aromatic nitrogens is 2. The zero-order valence-electron chi connectivity index (χ0n) is 11.4. The average molecular weight is 273 g/mol. The Hall–Kier alpha value is -1.88. The van der Waals surface area contributed by atoms with Crippen molar-refractivity contribution < 1.29 is 9.90 Å². The van der Waals surface area contributed by atoms with E-state index in [-0.39, 0.29) is 5.92 Å². The van der Waals surface area contributed by atoms with Gasteiger partial charge in [-0.1, -0.05) is 6.07 Å². The number of nitrogens with zero attached hydrogens (tertiary/aromatic N) is 2. The maximum absolute atomic E-state index is 11.1. The summed E-state index contributed by atoms with van der Waals surface area (Å²) in [7, 11) is 0. The molecular weight excluding hydrogens is 254 g/mol. The molecule has 1 aliphatic heterocycles. The maximum atomic E-state index is 11.1. The number of hydrogen-bond acceptors (Lipinski definition) is 3. The van der Waals surface area contributed by atoms with E-state index < -0.39 is 5.97 Å². The van der Waals surface area contributed by atoms with Gasteiger partial charge in [0.2, 0.25) is 0 Å². The average Bonchev–Trinajstić information content (AvgIpc) is 2.93. The van der Waals surface area contributed by atoms with Crippen LogP contribution in [0.1, 0.15) is 18.4 Å². The summed E-state index contributed by atoms with van der Waals surface area (Å²) >= 11 is 0. The minimum atomic E-state index is -0.659. The third-order valence-corrected chi connectivity index (χ3v) is 4.06. The fourth-order valence-electron chi connectivity index (χ4n) is 2.89. The summed E-state index contributed by atoms with van der Waals surface area (Å²) < 4.78 is 0. The molecule has 1 unspecified atom stereocenters. The number of fused-ring (bicyclic) bond motifs is 1. The van der Waals surface area contributed by atoms with Crippen molar-refractivity contribution in [3.05, 3.63) is 30.1 Å². The predicted octanol–water partition coefficient (Wildman–Crippen LogP) is 1.90. The summed E-state index contributed by atoms with van der Waals surface area (Å²) in [5, 5.41) is 9.10. The number of likely N-dealkylation sites (tertiary alicyclic amines) is 1. The van der Waals surface area contributed by atoms with Crippen LogP contribution < -0.4 is 0 Å². The zero-order chi connectivity index (χ0) is 13.9. The fourth-order valence-corrected chi connectivity index (χ4v) is 2.89. The van der Waals surface area contributed by atoms with Crippen molar-refractivity contribution in [2.75, 3.05) is 19.6 Å². The number of piperidine rings is 1. The monoisotopic (exact) mass is 273 g/mol. The third kappa shape index (κ3) is 2.82. The third-order valence-electron chi connectivity index (χ3n) is 4.06. The molecule has 3 rings (SSSR count). The molecule has 1 atom stereocenters. The standard InChI is InChI=1S/C15H19N3O2/c19-15(20)12-2-1-6-18(9-12)7-5-11-3-4-13-14(8-11)17-10-16-13/h3-4,8,10,12H,1-2,5-7,9H2,(H,16,17)(H,19,20). The molecule has 2 N–H and O–H groups in total. The van der Waals surface area contributed by atoms with Gasteiger partial charge < -0.3 is 15.0 Å². The lowest BCUT2D eigenvalue weighted by atomic mass is 9.98. The van der Waals surface area contributed by atoms with E-state index in [0.29, 0.717) is 6.54 Å². The van der Waals surface area contributed by atoms with Crippen LogP contribution in [0.5, 0.6) is 0 Å². The minimum Gasteiger partial charge on any atom is -0.481 e. The van der Waals surface area contributed by atoms with Gasteiger partial charge in [0, 0.05) is 13.1 Å². The molecule has 5 heteroatoms. The van der Waals surface area contributed by atoms with Crippen molar-refractivity contribution in [3.63, 3.8) is 0 Å². The lowest BCUT2D eigenvalue weighted by molar-refractivity contribution is -0.143. The molecule has 0 saturated carbocycles. The van der Waals surface area contributed by atoms with E-state index in [1.807, 2.05) is 6.07 Å². The summed E-state index contributed by atoms with van der Waals surface area (Å²) in [5.41, 5.74) is 3.31. The van der Waals surface area contributed by atoms with Crippen LogP contribution in [0.3, 0.4) is 0 Å². The first-order chi connectivity index (χ1) is 9.72. The second-order valence-corrected chi connectivity index (χ2v) is 5.48. The molecule has 1 aliphatic rings. The van der Waals surface area contributed by atoms with Gasteiger partial charge in [0.25, 0.3) is 0 Å². The van der Waals surface area contributed by atoms with Crippen molar-refractivity contribution in [1.82, 2.24) is 14.9 Å².